The molecule has 6 rings (SSSR count). The Morgan fingerprint density at radius 3 is 2.20 bits per heavy atom. The second-order valence-electron chi connectivity index (χ2n) is 10.5. The second kappa shape index (κ2) is 11.9. The van der Waals surface area contributed by atoms with Crippen LogP contribution in [0.5, 0.6) is 0 Å². The minimum Gasteiger partial charge on any atom is -0.326 e. The SMILES string of the molecule is O=C1CN(c2ccc(Cn3cc(-c4ccc(F)c(F)c4)nc3/C=C/c3ccc(-c4cccc(C(F)(F)F)c4)cc3)cc2)S(=O)(=O)N1. The number of alkyl halides is 3. The quantitative estimate of drug-likeness (QED) is 0.194. The summed E-state index contributed by atoms with van der Waals surface area (Å²) in [6.45, 7) is -0.0499. The van der Waals surface area contributed by atoms with E-state index in [-0.39, 0.29) is 13.1 Å². The molecule has 1 N–H and O–H groups in total. The minimum absolute atomic E-state index is 0.273. The van der Waals surface area contributed by atoms with Crippen molar-refractivity contribution in [3.05, 3.63) is 131 Å². The van der Waals surface area contributed by atoms with Gasteiger partial charge in [-0.25, -0.2) is 22.8 Å². The first-order valence-corrected chi connectivity index (χ1v) is 15.2. The van der Waals surface area contributed by atoms with Gasteiger partial charge in [-0.1, -0.05) is 54.6 Å². The molecule has 7 nitrogen and oxygen atoms in total. The summed E-state index contributed by atoms with van der Waals surface area (Å²) in [4.78, 5) is 16.2. The number of imidazole rings is 1. The molecule has 5 aromatic rings. The molecule has 0 saturated carbocycles. The number of benzene rings is 4. The number of carbonyl (C=O) groups excluding carboxylic acids is 1. The number of rotatable bonds is 7. The topological polar surface area (TPSA) is 84.3 Å². The Bertz CT molecular complexity index is 2070. The molecular formula is C33H23F5N4O3S. The lowest BCUT2D eigenvalue weighted by atomic mass is 10.0. The number of hydrogen-bond acceptors (Lipinski definition) is 4. The van der Waals surface area contributed by atoms with E-state index in [9.17, 15) is 35.2 Å². The second-order valence-corrected chi connectivity index (χ2v) is 12.1. The van der Waals surface area contributed by atoms with Crippen LogP contribution in [0, 0.1) is 11.6 Å². The first-order valence-electron chi connectivity index (χ1n) is 13.8. The molecule has 1 aliphatic heterocycles. The van der Waals surface area contributed by atoms with Gasteiger partial charge in [0.1, 0.15) is 12.4 Å². The van der Waals surface area contributed by atoms with Gasteiger partial charge in [-0.15, -0.1) is 0 Å². The molecule has 2 heterocycles. The van der Waals surface area contributed by atoms with Gasteiger partial charge in [0, 0.05) is 18.3 Å². The van der Waals surface area contributed by atoms with Crippen molar-refractivity contribution in [1.29, 1.82) is 0 Å². The van der Waals surface area contributed by atoms with Crippen molar-refractivity contribution in [1.82, 2.24) is 14.3 Å². The van der Waals surface area contributed by atoms with Crippen LogP contribution in [0.1, 0.15) is 22.5 Å². The molecular weight excluding hydrogens is 627 g/mol. The number of carbonyl (C=O) groups is 1. The number of amides is 1. The molecule has 1 amide bonds. The molecule has 0 unspecified atom stereocenters. The lowest BCUT2D eigenvalue weighted by Crippen LogP contribution is -2.29. The lowest BCUT2D eigenvalue weighted by Gasteiger charge is -2.15. The molecule has 0 aliphatic carbocycles. The van der Waals surface area contributed by atoms with Crippen LogP contribution in [0.3, 0.4) is 0 Å². The summed E-state index contributed by atoms with van der Waals surface area (Å²) in [6.07, 6.45) is 0.693. The minimum atomic E-state index is -4.45. The number of hydrogen-bond donors (Lipinski definition) is 1. The Hall–Kier alpha value is -5.30. The van der Waals surface area contributed by atoms with Crippen molar-refractivity contribution >= 4 is 34.0 Å². The average Bonchev–Trinajstić information content (AvgIpc) is 3.55. The average molecular weight is 651 g/mol. The summed E-state index contributed by atoms with van der Waals surface area (Å²) in [5, 5.41) is 0. The Kier molecular flexibility index (Phi) is 7.94. The van der Waals surface area contributed by atoms with E-state index in [0.29, 0.717) is 33.9 Å². The van der Waals surface area contributed by atoms with Gasteiger partial charge in [-0.2, -0.15) is 21.6 Å². The summed E-state index contributed by atoms with van der Waals surface area (Å²) >= 11 is 0. The molecule has 0 bridgehead atoms. The summed E-state index contributed by atoms with van der Waals surface area (Å²) in [7, 11) is -3.95. The molecule has 0 atom stereocenters. The van der Waals surface area contributed by atoms with Crippen molar-refractivity contribution < 1.29 is 35.2 Å². The standard InChI is InChI=1S/C33H23F5N4O3S/c34-28-14-11-25(17-29(28)35)30-19-41(18-22-6-12-27(13-7-22)42-20-32(43)40-46(42,44)45)31(39-30)15-8-21-4-9-23(10-5-21)24-2-1-3-26(16-24)33(36,37)38/h1-17,19H,18,20H2,(H,40,43)/b15-8+. The van der Waals surface area contributed by atoms with E-state index in [2.05, 4.69) is 4.98 Å². The zero-order valence-corrected chi connectivity index (χ0v) is 24.5. The highest BCUT2D eigenvalue weighted by atomic mass is 32.2. The van der Waals surface area contributed by atoms with E-state index in [0.717, 1.165) is 39.7 Å². The number of aromatic nitrogens is 2. The molecule has 1 saturated heterocycles. The predicted molar refractivity (Wildman–Crippen MR) is 163 cm³/mol. The molecule has 13 heteroatoms. The van der Waals surface area contributed by atoms with Crippen LogP contribution in [-0.2, 0) is 27.7 Å². The number of nitrogens with one attached hydrogen (secondary N) is 1. The summed E-state index contributed by atoms with van der Waals surface area (Å²) < 4.78 is 96.1. The van der Waals surface area contributed by atoms with Crippen LogP contribution in [0.2, 0.25) is 0 Å². The van der Waals surface area contributed by atoms with Crippen molar-refractivity contribution in [3.63, 3.8) is 0 Å². The van der Waals surface area contributed by atoms with Gasteiger partial charge in [0.05, 0.1) is 16.9 Å². The van der Waals surface area contributed by atoms with Gasteiger partial charge in [-0.3, -0.25) is 4.79 Å². The number of nitrogens with zero attached hydrogens (tertiary/aromatic N) is 3. The Labute approximate surface area is 260 Å². The summed E-state index contributed by atoms with van der Waals surface area (Å²) in [5.41, 5.74) is 2.83. The molecule has 1 aromatic heterocycles. The highest BCUT2D eigenvalue weighted by molar-refractivity contribution is 7.92. The molecule has 4 aromatic carbocycles. The van der Waals surface area contributed by atoms with E-state index in [1.807, 2.05) is 4.72 Å². The van der Waals surface area contributed by atoms with E-state index in [4.69, 9.17) is 0 Å². The molecule has 234 valence electrons. The molecule has 1 aliphatic rings. The smallest absolute Gasteiger partial charge is 0.326 e. The monoisotopic (exact) mass is 650 g/mol. The predicted octanol–water partition coefficient (Wildman–Crippen LogP) is 6.91. The van der Waals surface area contributed by atoms with Crippen LogP contribution in [0.25, 0.3) is 34.5 Å². The van der Waals surface area contributed by atoms with Crippen LogP contribution in [0.15, 0.2) is 97.2 Å². The van der Waals surface area contributed by atoms with Crippen LogP contribution in [0.4, 0.5) is 27.6 Å². The molecule has 1 fully saturated rings. The van der Waals surface area contributed by atoms with Crippen LogP contribution >= 0.6 is 0 Å². The maximum Gasteiger partial charge on any atom is 0.416 e. The number of anilines is 1. The van der Waals surface area contributed by atoms with Crippen LogP contribution < -0.4 is 9.03 Å². The number of halogens is 5. The molecule has 46 heavy (non-hydrogen) atoms. The molecule has 0 spiro atoms. The van der Waals surface area contributed by atoms with E-state index < -0.39 is 39.5 Å². The fourth-order valence-corrected chi connectivity index (χ4v) is 6.11. The first-order chi connectivity index (χ1) is 21.9. The van der Waals surface area contributed by atoms with Gasteiger partial charge in [-0.05, 0) is 70.8 Å². The normalized spacial score (nSPS) is 14.6. The van der Waals surface area contributed by atoms with Gasteiger partial charge in [0.2, 0.25) is 0 Å². The highest BCUT2D eigenvalue weighted by Gasteiger charge is 2.34. The lowest BCUT2D eigenvalue weighted by molar-refractivity contribution is -0.137. The maximum absolute atomic E-state index is 14.0. The third kappa shape index (κ3) is 6.54. The summed E-state index contributed by atoms with van der Waals surface area (Å²) in [6, 6.07) is 22.0. The Morgan fingerprint density at radius 2 is 1.54 bits per heavy atom. The third-order valence-electron chi connectivity index (χ3n) is 7.28. The Balaban J connectivity index is 1.28. The third-order valence-corrected chi connectivity index (χ3v) is 8.68. The van der Waals surface area contributed by atoms with E-state index in [1.54, 1.807) is 77.5 Å². The Morgan fingerprint density at radius 1 is 0.826 bits per heavy atom. The van der Waals surface area contributed by atoms with Gasteiger partial charge < -0.3 is 4.57 Å². The van der Waals surface area contributed by atoms with Crippen LogP contribution in [-0.4, -0.2) is 30.4 Å². The zero-order valence-electron chi connectivity index (χ0n) is 23.7. The van der Waals surface area contributed by atoms with Gasteiger partial charge in [0.15, 0.2) is 11.6 Å². The van der Waals surface area contributed by atoms with Crippen molar-refractivity contribution in [2.24, 2.45) is 0 Å². The fraction of sp³-hybridized carbons (Fsp3) is 0.0909. The fourth-order valence-electron chi connectivity index (χ4n) is 4.96. The summed E-state index contributed by atoms with van der Waals surface area (Å²) in [5.74, 6) is -2.18. The highest BCUT2D eigenvalue weighted by Crippen LogP contribution is 2.32. The molecule has 0 radical (unpaired) electrons. The van der Waals surface area contributed by atoms with Crippen molar-refractivity contribution in [2.45, 2.75) is 12.7 Å². The van der Waals surface area contributed by atoms with Gasteiger partial charge in [0.25, 0.3) is 5.91 Å². The van der Waals surface area contributed by atoms with Crippen molar-refractivity contribution in [2.75, 3.05) is 10.8 Å². The maximum atomic E-state index is 14.0. The largest absolute Gasteiger partial charge is 0.416 e. The van der Waals surface area contributed by atoms with E-state index >= 15 is 0 Å². The van der Waals surface area contributed by atoms with E-state index in [1.165, 1.54) is 12.1 Å². The first kappa shape index (κ1) is 30.7. The van der Waals surface area contributed by atoms with Crippen molar-refractivity contribution in [3.8, 4) is 22.4 Å². The zero-order chi connectivity index (χ0) is 32.6. The van der Waals surface area contributed by atoms with Gasteiger partial charge >= 0.3 is 16.4 Å².